The van der Waals surface area contributed by atoms with E-state index in [1.54, 1.807) is 41.1 Å². The minimum Gasteiger partial charge on any atom is -0.101 e. The molecule has 8 aromatic carbocycles. The molecule has 0 aromatic heterocycles. The van der Waals surface area contributed by atoms with E-state index < -0.39 is 20.6 Å². The summed E-state index contributed by atoms with van der Waals surface area (Å²) in [5.41, 5.74) is 17.3. The van der Waals surface area contributed by atoms with Crippen LogP contribution in [0.25, 0.3) is 19.4 Å². The number of aryl methyl sites for hydroxylation is 4. The summed E-state index contributed by atoms with van der Waals surface area (Å²) in [6.45, 7) is 1.18. The second-order valence-corrected chi connectivity index (χ2v) is 25.1. The molecule has 3 saturated carbocycles. The minimum atomic E-state index is -2.66. The summed E-state index contributed by atoms with van der Waals surface area (Å²) < 4.78 is 69.6. The van der Waals surface area contributed by atoms with Crippen molar-refractivity contribution in [3.05, 3.63) is 299 Å². The van der Waals surface area contributed by atoms with Crippen LogP contribution in [0.1, 0.15) is 282 Å². The average molecular weight is 1340 g/mol. The van der Waals surface area contributed by atoms with E-state index >= 15 is 0 Å². The van der Waals surface area contributed by atoms with Gasteiger partial charge in [-0.3, -0.25) is 0 Å². The monoisotopic (exact) mass is 1340 g/mol. The summed E-state index contributed by atoms with van der Waals surface area (Å²) >= 11 is 0. The van der Waals surface area contributed by atoms with Gasteiger partial charge in [-0.2, -0.15) is 0 Å². The SMILES string of the molecule is CC#Cc1ccc(C2CCCCC2)cc1C#Cc1ccccc1C#[N+]C.CC#Cc1ccccc1C#Cc1cc(C2CCCCC2)ccc1C#[N+]C.CC#Cc1ccccc1C#Cc1ccc(C2CCCCC2)cc1C#[N+]C.[2H]C([2H])([2H])c1cc(C#[N+]C)c(C#Cc2cc(C([2H])([2H])[2H])c(C([2H])([2H])[2H])cc2C#CC)cc1C. The molecule has 0 atom stereocenters. The summed E-state index contributed by atoms with van der Waals surface area (Å²) in [4.78, 5) is 16.0. The van der Waals surface area contributed by atoms with Crippen LogP contribution in [0.5, 0.6) is 0 Å². The topological polar surface area (TPSA) is 17.4 Å². The first-order valence-corrected chi connectivity index (χ1v) is 35.3. The predicted molar refractivity (Wildman–Crippen MR) is 431 cm³/mol. The summed E-state index contributed by atoms with van der Waals surface area (Å²) in [6.07, 6.45) is 19.8. The number of hydrogen-bond acceptors (Lipinski definition) is 0. The van der Waals surface area contributed by atoms with Gasteiger partial charge >= 0.3 is 24.3 Å². The van der Waals surface area contributed by atoms with Crippen molar-refractivity contribution in [3.63, 3.8) is 0 Å². The van der Waals surface area contributed by atoms with E-state index in [4.69, 9.17) is 12.3 Å². The maximum Gasteiger partial charge on any atom is 0.311 e. The molecule has 3 aliphatic carbocycles. The normalized spacial score (nSPS) is 14.1. The van der Waals surface area contributed by atoms with Crippen LogP contribution in [0.2, 0.25) is 0 Å². The first kappa shape index (κ1) is 63.6. The molecule has 0 aliphatic heterocycles. The second-order valence-electron chi connectivity index (χ2n) is 25.1. The number of rotatable bonds is 3. The van der Waals surface area contributed by atoms with Gasteiger partial charge in [0.15, 0.2) is 0 Å². The summed E-state index contributed by atoms with van der Waals surface area (Å²) in [5, 5.41) is 0. The number of hydrogen-bond donors (Lipinski definition) is 0. The molecule has 0 radical (unpaired) electrons. The van der Waals surface area contributed by atoms with E-state index in [2.05, 4.69) is 193 Å². The van der Waals surface area contributed by atoms with Crippen molar-refractivity contribution in [1.82, 2.24) is 0 Å². The number of nitrogens with zero attached hydrogens (tertiary/aromatic N) is 4. The van der Waals surface area contributed by atoms with Crippen LogP contribution >= 0.6 is 0 Å². The third-order valence-electron chi connectivity index (χ3n) is 18.0. The Labute approximate surface area is 624 Å². The Morgan fingerprint density at radius 1 is 0.255 bits per heavy atom. The molecule has 0 amide bonds. The van der Waals surface area contributed by atoms with Gasteiger partial charge in [0.05, 0.1) is 0 Å². The highest BCUT2D eigenvalue weighted by atomic mass is 14.6. The maximum absolute atomic E-state index is 7.78. The van der Waals surface area contributed by atoms with Gasteiger partial charge in [-0.1, -0.05) is 203 Å². The van der Waals surface area contributed by atoms with Gasteiger partial charge in [-0.15, -0.1) is 23.7 Å². The zero-order chi connectivity index (χ0) is 79.8. The highest BCUT2D eigenvalue weighted by Crippen LogP contribution is 2.36. The van der Waals surface area contributed by atoms with Crippen molar-refractivity contribution in [3.8, 4) is 119 Å². The third kappa shape index (κ3) is 22.6. The van der Waals surface area contributed by atoms with Crippen molar-refractivity contribution >= 4 is 0 Å². The molecule has 102 heavy (non-hydrogen) atoms. The van der Waals surface area contributed by atoms with E-state index in [0.29, 0.717) is 34.4 Å². The zero-order valence-corrected chi connectivity index (χ0v) is 60.6. The molecule has 502 valence electrons. The van der Waals surface area contributed by atoms with Crippen molar-refractivity contribution in [2.24, 2.45) is 0 Å². The fourth-order valence-electron chi connectivity index (χ4n) is 12.7. The molecular weight excluding hydrogens is 1230 g/mol. The first-order chi connectivity index (χ1) is 53.5. The van der Waals surface area contributed by atoms with Crippen molar-refractivity contribution < 1.29 is 12.3 Å². The molecule has 3 aliphatic rings. The van der Waals surface area contributed by atoms with Crippen LogP contribution in [0.4, 0.5) is 0 Å². The van der Waals surface area contributed by atoms with Gasteiger partial charge < -0.3 is 0 Å². The Morgan fingerprint density at radius 2 is 0.480 bits per heavy atom. The molecule has 4 heteroatoms. The van der Waals surface area contributed by atoms with Gasteiger partial charge in [0.2, 0.25) is 0 Å². The fraction of sp³-hybridized carbons (Fsp3) is 0.306. The molecule has 0 unspecified atom stereocenters. The lowest BCUT2D eigenvalue weighted by Crippen LogP contribution is -2.05. The van der Waals surface area contributed by atoms with Crippen LogP contribution in [0.15, 0.2) is 152 Å². The Kier molecular flexibility index (Phi) is 25.5. The largest absolute Gasteiger partial charge is 0.311 e. The molecule has 0 N–H and O–H groups in total. The molecule has 4 nitrogen and oxygen atoms in total. The lowest BCUT2D eigenvalue weighted by Gasteiger charge is -2.22. The first-order valence-electron chi connectivity index (χ1n) is 39.8. The van der Waals surface area contributed by atoms with Crippen molar-refractivity contribution in [1.29, 1.82) is 0 Å². The summed E-state index contributed by atoms with van der Waals surface area (Å²) in [7, 11) is 6.74. The van der Waals surface area contributed by atoms with Crippen LogP contribution in [0, 0.1) is 146 Å². The molecule has 0 heterocycles. The Balaban J connectivity index is 0.000000187. The van der Waals surface area contributed by atoms with Crippen LogP contribution in [-0.2, 0) is 0 Å². The minimum absolute atomic E-state index is 0.156. The Hall–Kier alpha value is -11.8. The maximum atomic E-state index is 7.78. The summed E-state index contributed by atoms with van der Waals surface area (Å²) in [5.74, 6) is 51.6. The quantitative estimate of drug-likeness (QED) is 0.157. The fourth-order valence-corrected chi connectivity index (χ4v) is 12.7. The molecule has 8 aromatic rings. The van der Waals surface area contributed by atoms with Crippen molar-refractivity contribution in [2.75, 3.05) is 28.2 Å². The highest BCUT2D eigenvalue weighted by molar-refractivity contribution is 5.62. The molecule has 0 spiro atoms. The van der Waals surface area contributed by atoms with Crippen LogP contribution < -0.4 is 0 Å². The standard InChI is InChI=1S/3C25H24N.C23H22N/c1-3-9-20-14-16-24(21-10-5-4-6-11-21)18-23(20)17-15-22-12-7-8-13-25(22)19-26-2;1-3-9-20-12-7-8-13-22(20)14-15-24-18-23(16-17-25(24)19-26-2)21-10-5-4-6-11-21;1-3-9-20-12-7-8-13-22(20)14-15-23-16-17-24(18-25(23)19-26-2)21-10-5-4-6-11-21;1-7-8-20-11-16(2)17(3)12-21(20)9-10-22-13-18(4)19(5)14-23(22)15-24-6/h7-8,12-14,16,18,21H,4-6,10-11H2,1-2H3;2*7-8,12-13,16-18,21H,4-6,10-11H2,1-2H3;11-14H,1-6H3/q4*+1/i;;;2D3,3D3,5D3. The van der Waals surface area contributed by atoms with Gasteiger partial charge in [0.25, 0.3) is 28.2 Å². The molecular formula is C98H94N4+4. The van der Waals surface area contributed by atoms with E-state index in [1.807, 2.05) is 93.6 Å². The predicted octanol–water partition coefficient (Wildman–Crippen LogP) is 22.5. The molecule has 3 fully saturated rings. The van der Waals surface area contributed by atoms with Gasteiger partial charge in [0.1, 0.15) is 22.3 Å². The molecule has 0 bridgehead atoms. The Bertz CT molecular complexity index is 5360. The van der Waals surface area contributed by atoms with Gasteiger partial charge in [-0.05, 0) is 247 Å². The van der Waals surface area contributed by atoms with Crippen LogP contribution in [0.3, 0.4) is 0 Å². The number of benzene rings is 8. The van der Waals surface area contributed by atoms with Gasteiger partial charge in [0, 0.05) is 79.1 Å². The van der Waals surface area contributed by atoms with Crippen molar-refractivity contribution in [2.45, 2.75) is 169 Å². The van der Waals surface area contributed by atoms with E-state index in [-0.39, 0.29) is 27.8 Å². The van der Waals surface area contributed by atoms with E-state index in [0.717, 1.165) is 66.8 Å². The Morgan fingerprint density at radius 3 is 0.863 bits per heavy atom. The van der Waals surface area contributed by atoms with Gasteiger partial charge in [-0.25, -0.2) is 0 Å². The smallest absolute Gasteiger partial charge is 0.101 e. The van der Waals surface area contributed by atoms with Crippen LogP contribution in [-0.4, -0.2) is 28.2 Å². The third-order valence-corrected chi connectivity index (χ3v) is 18.0. The zero-order valence-electron chi connectivity index (χ0n) is 69.6. The van der Waals surface area contributed by atoms with E-state index in [1.165, 1.54) is 138 Å². The molecule has 11 rings (SSSR count). The lowest BCUT2D eigenvalue weighted by atomic mass is 9.83. The lowest BCUT2D eigenvalue weighted by molar-refractivity contribution is 0.443. The second kappa shape index (κ2) is 40.9. The van der Waals surface area contributed by atoms with E-state index in [9.17, 15) is 0 Å². The summed E-state index contributed by atoms with van der Waals surface area (Å²) in [6, 6.07) is 61.3. The average Bonchev–Trinajstić information content (AvgIpc) is 0.778. The molecule has 0 saturated heterocycles. The highest BCUT2D eigenvalue weighted by Gasteiger charge is 2.20.